The largest absolute Gasteiger partial charge is 0.497 e. The molecule has 0 aliphatic rings. The van der Waals surface area contributed by atoms with Crippen molar-refractivity contribution in [2.24, 2.45) is 0 Å². The van der Waals surface area contributed by atoms with Crippen molar-refractivity contribution < 1.29 is 14.3 Å². The third-order valence-electron chi connectivity index (χ3n) is 5.89. The Morgan fingerprint density at radius 1 is 1.03 bits per heavy atom. The Kier molecular flexibility index (Phi) is 9.86. The van der Waals surface area contributed by atoms with E-state index >= 15 is 0 Å². The summed E-state index contributed by atoms with van der Waals surface area (Å²) in [5.41, 5.74) is 4.93. The minimum absolute atomic E-state index is 0. The van der Waals surface area contributed by atoms with E-state index in [-0.39, 0.29) is 24.9 Å². The van der Waals surface area contributed by atoms with Gasteiger partial charge in [0.1, 0.15) is 18.0 Å². The van der Waals surface area contributed by atoms with E-state index in [0.29, 0.717) is 23.2 Å². The van der Waals surface area contributed by atoms with Crippen LogP contribution in [0.1, 0.15) is 13.8 Å². The number of ether oxygens (including phenoxy) is 2. The number of methoxy groups -OCH3 is 2. The Balaban J connectivity index is 0.00000400. The number of amides is 1. The molecule has 0 radical (unpaired) electrons. The number of likely N-dealkylation sites (N-methyl/N-ethyl adjacent to an activating group) is 1. The summed E-state index contributed by atoms with van der Waals surface area (Å²) < 4.78 is 12.6. The summed E-state index contributed by atoms with van der Waals surface area (Å²) in [5.74, 6) is 1.31. The fraction of sp³-hybridized carbons (Fsp3) is 0.333. The van der Waals surface area contributed by atoms with Gasteiger partial charge in [0.25, 0.3) is 0 Å². The summed E-state index contributed by atoms with van der Waals surface area (Å²) >= 11 is 0. The molecule has 202 valence electrons. The maximum Gasteiger partial charge on any atom is 0.241 e. The lowest BCUT2D eigenvalue weighted by molar-refractivity contribution is -0.121. The van der Waals surface area contributed by atoms with Gasteiger partial charge in [-0.25, -0.2) is 4.98 Å². The topological polar surface area (TPSA) is 106 Å². The number of halogens is 1. The first kappa shape index (κ1) is 28.7. The summed E-state index contributed by atoms with van der Waals surface area (Å²) in [7, 11) is 4.89. The molecule has 4 aromatic rings. The first-order chi connectivity index (χ1) is 17.9. The van der Waals surface area contributed by atoms with Crippen molar-refractivity contribution in [3.63, 3.8) is 0 Å². The third kappa shape index (κ3) is 6.90. The minimum atomic E-state index is -0.120. The van der Waals surface area contributed by atoms with Gasteiger partial charge >= 0.3 is 0 Å². The van der Waals surface area contributed by atoms with Gasteiger partial charge in [0.2, 0.25) is 5.91 Å². The molecule has 0 unspecified atom stereocenters. The zero-order chi connectivity index (χ0) is 26.4. The molecule has 2 aromatic carbocycles. The van der Waals surface area contributed by atoms with E-state index < -0.39 is 0 Å². The first-order valence-corrected chi connectivity index (χ1v) is 12.1. The molecule has 4 rings (SSSR count). The second-order valence-electron chi connectivity index (χ2n) is 8.86. The molecule has 2 heterocycles. The van der Waals surface area contributed by atoms with E-state index in [0.717, 1.165) is 41.1 Å². The zero-order valence-corrected chi connectivity index (χ0v) is 23.1. The molecule has 0 atom stereocenters. The van der Waals surface area contributed by atoms with Crippen molar-refractivity contribution in [2.45, 2.75) is 26.4 Å². The average Bonchev–Trinajstić information content (AvgIpc) is 3.38. The third-order valence-corrected chi connectivity index (χ3v) is 5.89. The second-order valence-corrected chi connectivity index (χ2v) is 8.86. The number of hydrogen-bond donors (Lipinski definition) is 2. The maximum atomic E-state index is 11.7. The number of fused-ring (bicyclic) bond motifs is 1. The van der Waals surface area contributed by atoms with E-state index in [4.69, 9.17) is 14.5 Å². The molecule has 0 fully saturated rings. The van der Waals surface area contributed by atoms with Crippen LogP contribution < -0.4 is 25.0 Å². The maximum absolute atomic E-state index is 11.7. The van der Waals surface area contributed by atoms with Crippen molar-refractivity contribution in [2.75, 3.05) is 39.3 Å². The van der Waals surface area contributed by atoms with Crippen LogP contribution >= 0.6 is 12.4 Å². The van der Waals surface area contributed by atoms with E-state index in [1.165, 1.54) is 0 Å². The van der Waals surface area contributed by atoms with Crippen molar-refractivity contribution in [3.8, 4) is 22.8 Å². The summed E-state index contributed by atoms with van der Waals surface area (Å²) in [4.78, 5) is 23.4. The lowest BCUT2D eigenvalue weighted by Gasteiger charge is -2.27. The number of carbonyl (C=O) groups excluding carboxylic acids is 1. The summed E-state index contributed by atoms with van der Waals surface area (Å²) in [6, 6.07) is 12.3. The van der Waals surface area contributed by atoms with Crippen molar-refractivity contribution in [1.29, 1.82) is 0 Å². The molecule has 0 bridgehead atoms. The van der Waals surface area contributed by atoms with E-state index in [1.807, 2.05) is 36.4 Å². The molecule has 11 heteroatoms. The van der Waals surface area contributed by atoms with Crippen LogP contribution in [-0.2, 0) is 11.3 Å². The summed E-state index contributed by atoms with van der Waals surface area (Å²) in [6.07, 6.45) is 5.21. The van der Waals surface area contributed by atoms with Crippen LogP contribution in [0, 0.1) is 0 Å². The molecule has 2 N–H and O–H groups in total. The number of hydrogen-bond acceptors (Lipinski definition) is 8. The number of rotatable bonds is 11. The fourth-order valence-corrected chi connectivity index (χ4v) is 3.94. The second kappa shape index (κ2) is 13.1. The highest BCUT2D eigenvalue weighted by atomic mass is 35.5. The number of benzene rings is 2. The highest BCUT2D eigenvalue weighted by Crippen LogP contribution is 2.34. The highest BCUT2D eigenvalue weighted by Gasteiger charge is 2.15. The van der Waals surface area contributed by atoms with E-state index in [2.05, 4.69) is 39.5 Å². The predicted octanol–water partition coefficient (Wildman–Crippen LogP) is 3.81. The Morgan fingerprint density at radius 2 is 1.76 bits per heavy atom. The van der Waals surface area contributed by atoms with Gasteiger partial charge < -0.3 is 25.0 Å². The summed E-state index contributed by atoms with van der Waals surface area (Å²) in [6.45, 7) is 5.90. The van der Waals surface area contributed by atoms with Crippen LogP contribution in [0.3, 0.4) is 0 Å². The Bertz CT molecular complexity index is 1350. The SMILES string of the molecule is CNC(=O)Cn1cc(-c2cnc3ccc(N(CCNC(C)C)c4cc(OC)cc(OC)c4)cc3n2)cn1.Cl. The normalized spacial score (nSPS) is 10.8. The monoisotopic (exact) mass is 539 g/mol. The summed E-state index contributed by atoms with van der Waals surface area (Å²) in [5, 5.41) is 10.4. The number of aromatic nitrogens is 4. The van der Waals surface area contributed by atoms with Gasteiger partial charge in [-0.15, -0.1) is 12.4 Å². The molecule has 0 saturated heterocycles. The quantitative estimate of drug-likeness (QED) is 0.296. The van der Waals surface area contributed by atoms with Crippen LogP contribution in [0.15, 0.2) is 55.0 Å². The smallest absolute Gasteiger partial charge is 0.241 e. The van der Waals surface area contributed by atoms with Gasteiger partial charge in [-0.3, -0.25) is 14.5 Å². The molecule has 2 aromatic heterocycles. The zero-order valence-electron chi connectivity index (χ0n) is 22.3. The molecule has 0 aliphatic heterocycles. The fourth-order valence-electron chi connectivity index (χ4n) is 3.94. The number of carbonyl (C=O) groups is 1. The van der Waals surface area contributed by atoms with Crippen LogP contribution in [0.5, 0.6) is 11.5 Å². The molecular weight excluding hydrogens is 506 g/mol. The van der Waals surface area contributed by atoms with Crippen molar-refractivity contribution in [3.05, 3.63) is 55.0 Å². The molecular formula is C27H34ClN7O3. The van der Waals surface area contributed by atoms with Gasteiger partial charge in [-0.2, -0.15) is 5.10 Å². The molecule has 38 heavy (non-hydrogen) atoms. The Labute approximate surface area is 228 Å². The van der Waals surface area contributed by atoms with E-state index in [1.54, 1.807) is 44.5 Å². The van der Waals surface area contributed by atoms with Gasteiger partial charge in [0.05, 0.1) is 43.3 Å². The Morgan fingerprint density at radius 3 is 2.42 bits per heavy atom. The van der Waals surface area contributed by atoms with Gasteiger partial charge in [0, 0.05) is 67.5 Å². The van der Waals surface area contributed by atoms with Crippen LogP contribution in [0.4, 0.5) is 11.4 Å². The highest BCUT2D eigenvalue weighted by molar-refractivity contribution is 5.85. The number of nitrogens with one attached hydrogen (secondary N) is 2. The first-order valence-electron chi connectivity index (χ1n) is 12.1. The van der Waals surface area contributed by atoms with Crippen LogP contribution in [-0.4, -0.2) is 66.1 Å². The van der Waals surface area contributed by atoms with Crippen molar-refractivity contribution >= 4 is 40.7 Å². The van der Waals surface area contributed by atoms with Gasteiger partial charge in [-0.1, -0.05) is 13.8 Å². The lowest BCUT2D eigenvalue weighted by atomic mass is 10.2. The molecule has 1 amide bonds. The molecule has 0 aliphatic carbocycles. The van der Waals surface area contributed by atoms with Crippen molar-refractivity contribution in [1.82, 2.24) is 30.4 Å². The lowest BCUT2D eigenvalue weighted by Crippen LogP contribution is -2.32. The van der Waals surface area contributed by atoms with E-state index in [9.17, 15) is 4.79 Å². The molecule has 0 spiro atoms. The van der Waals surface area contributed by atoms with Gasteiger partial charge in [-0.05, 0) is 18.2 Å². The predicted molar refractivity (Wildman–Crippen MR) is 152 cm³/mol. The van der Waals surface area contributed by atoms with Crippen LogP contribution in [0.25, 0.3) is 22.3 Å². The molecule has 0 saturated carbocycles. The number of anilines is 2. The average molecular weight is 540 g/mol. The number of nitrogens with zero attached hydrogens (tertiary/aromatic N) is 5. The molecule has 10 nitrogen and oxygen atoms in total. The standard InChI is InChI=1S/C27H33N7O3.ClH/c1-18(2)29-8-9-34(21-10-22(36-4)13-23(11-21)37-5)20-6-7-24-25(12-20)32-26(15-30-24)19-14-31-33(16-19)17-27(35)28-3;/h6-7,10-16,18,29H,8-9,17H2,1-5H3,(H,28,35);1H. The minimum Gasteiger partial charge on any atom is -0.497 e. The van der Waals surface area contributed by atoms with Gasteiger partial charge in [0.15, 0.2) is 0 Å². The Hall–Kier alpha value is -3.89. The van der Waals surface area contributed by atoms with Crippen LogP contribution in [0.2, 0.25) is 0 Å².